The zero-order valence-electron chi connectivity index (χ0n) is 13.5. The number of anilines is 2. The van der Waals surface area contributed by atoms with Crippen LogP contribution in [0.3, 0.4) is 0 Å². The Hall–Kier alpha value is -1.80. The summed E-state index contributed by atoms with van der Waals surface area (Å²) in [5, 5.41) is 14.8. The highest BCUT2D eigenvalue weighted by atomic mass is 32.2. The van der Waals surface area contributed by atoms with Crippen LogP contribution >= 0.6 is 23.1 Å². The Balaban J connectivity index is 1.96. The number of carbonyl (C=O) groups is 1. The topological polar surface area (TPSA) is 76.1 Å². The maximum absolute atomic E-state index is 11.9. The predicted molar refractivity (Wildman–Crippen MR) is 94.8 cm³/mol. The van der Waals surface area contributed by atoms with Crippen molar-refractivity contribution in [2.75, 3.05) is 12.4 Å². The minimum atomic E-state index is -0.213. The monoisotopic (exact) mass is 352 g/mol. The van der Waals surface area contributed by atoms with E-state index in [1.54, 1.807) is 7.11 Å². The van der Waals surface area contributed by atoms with Crippen molar-refractivity contribution in [3.8, 4) is 5.75 Å². The van der Waals surface area contributed by atoms with Gasteiger partial charge in [-0.25, -0.2) is 0 Å². The fourth-order valence-electron chi connectivity index (χ4n) is 1.74. The number of amides is 1. The van der Waals surface area contributed by atoms with Gasteiger partial charge in [0, 0.05) is 17.8 Å². The van der Waals surface area contributed by atoms with Gasteiger partial charge < -0.3 is 15.4 Å². The Morgan fingerprint density at radius 1 is 1.30 bits per heavy atom. The van der Waals surface area contributed by atoms with Gasteiger partial charge in [0.15, 0.2) is 4.34 Å². The number of aromatic nitrogens is 2. The summed E-state index contributed by atoms with van der Waals surface area (Å²) in [4.78, 5) is 11.9. The highest BCUT2D eigenvalue weighted by molar-refractivity contribution is 8.02. The molecule has 2 rings (SSSR count). The number of ether oxygens (including phenoxy) is 1. The molecule has 124 valence electrons. The van der Waals surface area contributed by atoms with Gasteiger partial charge >= 0.3 is 0 Å². The molecule has 0 spiro atoms. The molecule has 0 aliphatic rings. The Morgan fingerprint density at radius 2 is 2.09 bits per heavy atom. The normalized spacial score (nSPS) is 12.0. The fourth-order valence-corrected chi connectivity index (χ4v) is 3.66. The van der Waals surface area contributed by atoms with Crippen molar-refractivity contribution >= 4 is 39.8 Å². The van der Waals surface area contributed by atoms with Crippen LogP contribution in [0.5, 0.6) is 5.75 Å². The second-order valence-corrected chi connectivity index (χ2v) is 7.72. The van der Waals surface area contributed by atoms with Gasteiger partial charge in [-0.1, -0.05) is 29.2 Å². The first-order valence-electron chi connectivity index (χ1n) is 7.19. The van der Waals surface area contributed by atoms with Gasteiger partial charge in [0.1, 0.15) is 5.75 Å². The van der Waals surface area contributed by atoms with Crippen LogP contribution in [0.15, 0.2) is 28.6 Å². The van der Waals surface area contributed by atoms with Crippen molar-refractivity contribution in [2.24, 2.45) is 0 Å². The SMILES string of the molecule is COc1cccc(Nc2nnc(SC(C)C(=O)NC(C)C)s2)c1. The van der Waals surface area contributed by atoms with Gasteiger partial charge in [0.25, 0.3) is 0 Å². The summed E-state index contributed by atoms with van der Waals surface area (Å²) < 4.78 is 5.94. The number of carbonyl (C=O) groups excluding carboxylic acids is 1. The Kier molecular flexibility index (Phi) is 6.23. The molecule has 0 saturated heterocycles. The first-order chi connectivity index (χ1) is 11.0. The summed E-state index contributed by atoms with van der Waals surface area (Å²) in [5.74, 6) is 0.774. The number of hydrogen-bond donors (Lipinski definition) is 2. The smallest absolute Gasteiger partial charge is 0.233 e. The van der Waals surface area contributed by atoms with Gasteiger partial charge in [-0.05, 0) is 32.9 Å². The molecule has 23 heavy (non-hydrogen) atoms. The molecule has 0 radical (unpaired) electrons. The minimum Gasteiger partial charge on any atom is -0.497 e. The second kappa shape index (κ2) is 8.16. The van der Waals surface area contributed by atoms with Gasteiger partial charge in [-0.15, -0.1) is 10.2 Å². The molecule has 0 fully saturated rings. The van der Waals surface area contributed by atoms with E-state index in [4.69, 9.17) is 4.74 Å². The molecule has 1 heterocycles. The third-order valence-corrected chi connectivity index (χ3v) is 4.83. The van der Waals surface area contributed by atoms with Crippen molar-refractivity contribution < 1.29 is 9.53 Å². The lowest BCUT2D eigenvalue weighted by Crippen LogP contribution is -2.35. The zero-order valence-corrected chi connectivity index (χ0v) is 15.1. The summed E-state index contributed by atoms with van der Waals surface area (Å²) in [5.41, 5.74) is 0.877. The van der Waals surface area contributed by atoms with Crippen LogP contribution in [0.1, 0.15) is 20.8 Å². The van der Waals surface area contributed by atoms with E-state index >= 15 is 0 Å². The average molecular weight is 352 g/mol. The lowest BCUT2D eigenvalue weighted by atomic mass is 10.3. The number of benzene rings is 1. The second-order valence-electron chi connectivity index (χ2n) is 5.15. The van der Waals surface area contributed by atoms with E-state index in [1.807, 2.05) is 45.0 Å². The van der Waals surface area contributed by atoms with E-state index < -0.39 is 0 Å². The van der Waals surface area contributed by atoms with Crippen molar-refractivity contribution in [1.29, 1.82) is 0 Å². The number of nitrogens with one attached hydrogen (secondary N) is 2. The van der Waals surface area contributed by atoms with E-state index in [9.17, 15) is 4.79 Å². The van der Waals surface area contributed by atoms with Crippen LogP contribution in [0, 0.1) is 0 Å². The molecule has 0 aliphatic carbocycles. The summed E-state index contributed by atoms with van der Waals surface area (Å²) in [6.07, 6.45) is 0. The first kappa shape index (κ1) is 17.6. The van der Waals surface area contributed by atoms with Crippen LogP contribution in [0.2, 0.25) is 0 Å². The highest BCUT2D eigenvalue weighted by Gasteiger charge is 2.17. The number of methoxy groups -OCH3 is 1. The van der Waals surface area contributed by atoms with Crippen LogP contribution in [-0.2, 0) is 4.79 Å². The quantitative estimate of drug-likeness (QED) is 0.745. The van der Waals surface area contributed by atoms with Gasteiger partial charge in [0.05, 0.1) is 12.4 Å². The molecule has 1 unspecified atom stereocenters. The van der Waals surface area contributed by atoms with Crippen molar-refractivity contribution in [1.82, 2.24) is 15.5 Å². The molecule has 6 nitrogen and oxygen atoms in total. The molecule has 2 aromatic rings. The standard InChI is InChI=1S/C15H20N4O2S2/c1-9(2)16-13(20)10(3)22-15-19-18-14(23-15)17-11-6-5-7-12(8-11)21-4/h5-10H,1-4H3,(H,16,20)(H,17,18). The number of hydrogen-bond acceptors (Lipinski definition) is 7. The van der Waals surface area contributed by atoms with Crippen LogP contribution in [0.4, 0.5) is 10.8 Å². The lowest BCUT2D eigenvalue weighted by Gasteiger charge is -2.12. The van der Waals surface area contributed by atoms with Crippen LogP contribution in [-0.4, -0.2) is 34.5 Å². The van der Waals surface area contributed by atoms with E-state index in [0.29, 0.717) is 5.13 Å². The first-order valence-corrected chi connectivity index (χ1v) is 8.89. The van der Waals surface area contributed by atoms with Gasteiger partial charge in [-0.2, -0.15) is 0 Å². The number of thioether (sulfide) groups is 1. The molecule has 2 N–H and O–H groups in total. The Labute approximate surface area is 144 Å². The summed E-state index contributed by atoms with van der Waals surface area (Å²) >= 11 is 2.82. The van der Waals surface area contributed by atoms with Crippen LogP contribution < -0.4 is 15.4 Å². The predicted octanol–water partition coefficient (Wildman–Crippen LogP) is 3.30. The Morgan fingerprint density at radius 3 is 2.78 bits per heavy atom. The average Bonchev–Trinajstić information content (AvgIpc) is 2.93. The Bertz CT molecular complexity index is 660. The maximum Gasteiger partial charge on any atom is 0.233 e. The molecular weight excluding hydrogens is 332 g/mol. The largest absolute Gasteiger partial charge is 0.497 e. The molecule has 0 bridgehead atoms. The molecule has 1 amide bonds. The summed E-state index contributed by atoms with van der Waals surface area (Å²) in [7, 11) is 1.63. The number of nitrogens with zero attached hydrogens (tertiary/aromatic N) is 2. The van der Waals surface area contributed by atoms with Crippen LogP contribution in [0.25, 0.3) is 0 Å². The van der Waals surface area contributed by atoms with Gasteiger partial charge in [0.2, 0.25) is 11.0 Å². The fraction of sp³-hybridized carbons (Fsp3) is 0.400. The molecule has 8 heteroatoms. The lowest BCUT2D eigenvalue weighted by molar-refractivity contribution is -0.120. The molecular formula is C15H20N4O2S2. The molecule has 1 atom stereocenters. The van der Waals surface area contributed by atoms with E-state index in [-0.39, 0.29) is 17.2 Å². The van der Waals surface area contributed by atoms with Crippen molar-refractivity contribution in [3.63, 3.8) is 0 Å². The minimum absolute atomic E-state index is 0.00232. The molecule has 0 saturated carbocycles. The molecule has 1 aromatic heterocycles. The zero-order chi connectivity index (χ0) is 16.8. The van der Waals surface area contributed by atoms with Crippen molar-refractivity contribution in [3.05, 3.63) is 24.3 Å². The van der Waals surface area contributed by atoms with E-state index in [1.165, 1.54) is 23.1 Å². The summed E-state index contributed by atoms with van der Waals surface area (Å²) in [6.45, 7) is 5.74. The third kappa shape index (κ3) is 5.40. The van der Waals surface area contributed by atoms with Crippen molar-refractivity contribution in [2.45, 2.75) is 36.4 Å². The third-order valence-electron chi connectivity index (χ3n) is 2.81. The molecule has 0 aliphatic heterocycles. The number of rotatable bonds is 7. The van der Waals surface area contributed by atoms with E-state index in [0.717, 1.165) is 15.8 Å². The van der Waals surface area contributed by atoms with E-state index in [2.05, 4.69) is 20.8 Å². The van der Waals surface area contributed by atoms with Gasteiger partial charge in [-0.3, -0.25) is 4.79 Å². The highest BCUT2D eigenvalue weighted by Crippen LogP contribution is 2.31. The summed E-state index contributed by atoms with van der Waals surface area (Å²) in [6, 6.07) is 7.71. The maximum atomic E-state index is 11.9. The molecule has 1 aromatic carbocycles.